The summed E-state index contributed by atoms with van der Waals surface area (Å²) in [6.07, 6.45) is 3.38. The molecular formula is C15H20O3. The van der Waals surface area contributed by atoms with Crippen LogP contribution in [0.15, 0.2) is 30.3 Å². The summed E-state index contributed by atoms with van der Waals surface area (Å²) < 4.78 is 4.92. The van der Waals surface area contributed by atoms with Crippen molar-refractivity contribution in [3.8, 4) is 0 Å². The number of aliphatic hydroxyl groups excluding tert-OH is 1. The number of carbonyl (C=O) groups excluding carboxylic acids is 1. The van der Waals surface area contributed by atoms with Gasteiger partial charge in [0.1, 0.15) is 0 Å². The Hall–Kier alpha value is -1.35. The van der Waals surface area contributed by atoms with Crippen LogP contribution in [0.25, 0.3) is 0 Å². The first-order valence-corrected chi connectivity index (χ1v) is 6.55. The Bertz CT molecular complexity index is 388. The summed E-state index contributed by atoms with van der Waals surface area (Å²) in [4.78, 5) is 12.0. The molecule has 1 aliphatic rings. The van der Waals surface area contributed by atoms with E-state index in [1.807, 2.05) is 30.3 Å². The van der Waals surface area contributed by atoms with E-state index in [0.717, 1.165) is 31.2 Å². The fourth-order valence-corrected chi connectivity index (χ4v) is 2.87. The van der Waals surface area contributed by atoms with Gasteiger partial charge in [0.05, 0.1) is 19.1 Å². The van der Waals surface area contributed by atoms with Gasteiger partial charge in [-0.05, 0) is 18.4 Å². The third-order valence-corrected chi connectivity index (χ3v) is 3.82. The first kappa shape index (κ1) is 13.1. The highest BCUT2D eigenvalue weighted by Gasteiger charge is 2.36. The zero-order chi connectivity index (χ0) is 13.0. The van der Waals surface area contributed by atoms with Crippen molar-refractivity contribution in [2.75, 3.05) is 7.11 Å². The topological polar surface area (TPSA) is 46.5 Å². The predicted octanol–water partition coefficient (Wildman–Crippen LogP) is 2.49. The molecule has 3 atom stereocenters. The molecule has 1 aromatic carbocycles. The minimum atomic E-state index is -0.400. The summed E-state index contributed by atoms with van der Waals surface area (Å²) in [5.41, 5.74) is 0.940. The Kier molecular flexibility index (Phi) is 4.37. The minimum Gasteiger partial charge on any atom is -0.469 e. The van der Waals surface area contributed by atoms with Gasteiger partial charge in [0.25, 0.3) is 0 Å². The van der Waals surface area contributed by atoms with Crippen molar-refractivity contribution in [3.05, 3.63) is 35.9 Å². The number of hydrogen-bond acceptors (Lipinski definition) is 3. The van der Waals surface area contributed by atoms with Crippen molar-refractivity contribution in [2.24, 2.45) is 5.92 Å². The van der Waals surface area contributed by atoms with Crippen molar-refractivity contribution in [3.63, 3.8) is 0 Å². The average Bonchev–Trinajstić information content (AvgIpc) is 2.42. The second-order valence-electron chi connectivity index (χ2n) is 4.93. The lowest BCUT2D eigenvalue weighted by Gasteiger charge is -2.33. The fraction of sp³-hybridized carbons (Fsp3) is 0.533. The number of rotatable bonds is 3. The maximum atomic E-state index is 12.0. The number of aliphatic hydroxyl groups is 1. The van der Waals surface area contributed by atoms with E-state index in [-0.39, 0.29) is 17.8 Å². The summed E-state index contributed by atoms with van der Waals surface area (Å²) >= 11 is 0. The molecule has 0 bridgehead atoms. The molecule has 0 spiro atoms. The molecule has 1 saturated carbocycles. The SMILES string of the molecule is COC(=O)[C@H](c1ccccc1)[C@@H]1CCCC[C@@H]1O. The Balaban J connectivity index is 2.27. The average molecular weight is 248 g/mol. The first-order valence-electron chi connectivity index (χ1n) is 6.55. The monoisotopic (exact) mass is 248 g/mol. The number of esters is 1. The van der Waals surface area contributed by atoms with Gasteiger partial charge in [-0.3, -0.25) is 4.79 Å². The molecule has 1 aliphatic carbocycles. The summed E-state index contributed by atoms with van der Waals surface area (Å²) in [6.45, 7) is 0. The summed E-state index contributed by atoms with van der Waals surface area (Å²) in [7, 11) is 1.41. The van der Waals surface area contributed by atoms with E-state index in [1.165, 1.54) is 7.11 Å². The molecular weight excluding hydrogens is 228 g/mol. The molecule has 2 rings (SSSR count). The van der Waals surface area contributed by atoms with Gasteiger partial charge in [-0.1, -0.05) is 43.2 Å². The Morgan fingerprint density at radius 2 is 1.94 bits per heavy atom. The largest absolute Gasteiger partial charge is 0.469 e. The van der Waals surface area contributed by atoms with Gasteiger partial charge in [0.15, 0.2) is 0 Å². The Labute approximate surface area is 108 Å². The van der Waals surface area contributed by atoms with Crippen molar-refractivity contribution in [1.29, 1.82) is 0 Å². The lowest BCUT2D eigenvalue weighted by Crippen LogP contribution is -2.34. The molecule has 0 heterocycles. The van der Waals surface area contributed by atoms with Gasteiger partial charge in [-0.25, -0.2) is 0 Å². The Morgan fingerprint density at radius 3 is 2.56 bits per heavy atom. The quantitative estimate of drug-likeness (QED) is 0.836. The molecule has 0 saturated heterocycles. The van der Waals surface area contributed by atoms with Gasteiger partial charge < -0.3 is 9.84 Å². The van der Waals surface area contributed by atoms with E-state index < -0.39 is 6.10 Å². The number of methoxy groups -OCH3 is 1. The summed E-state index contributed by atoms with van der Waals surface area (Å²) in [5.74, 6) is -0.604. The van der Waals surface area contributed by atoms with Crippen LogP contribution in [0.2, 0.25) is 0 Å². The standard InChI is InChI=1S/C15H20O3/c1-18-15(17)14(11-7-3-2-4-8-11)12-9-5-6-10-13(12)16/h2-4,7-8,12-14,16H,5-6,9-10H2,1H3/t12-,13+,14-/m1/s1. The second-order valence-corrected chi connectivity index (χ2v) is 4.93. The molecule has 98 valence electrons. The van der Waals surface area contributed by atoms with Crippen molar-refractivity contribution < 1.29 is 14.6 Å². The lowest BCUT2D eigenvalue weighted by atomic mass is 9.75. The zero-order valence-electron chi connectivity index (χ0n) is 10.7. The fourth-order valence-electron chi connectivity index (χ4n) is 2.87. The predicted molar refractivity (Wildman–Crippen MR) is 69.2 cm³/mol. The van der Waals surface area contributed by atoms with Crippen LogP contribution in [0, 0.1) is 5.92 Å². The number of ether oxygens (including phenoxy) is 1. The van der Waals surface area contributed by atoms with Crippen molar-refractivity contribution >= 4 is 5.97 Å². The van der Waals surface area contributed by atoms with Crippen LogP contribution >= 0.6 is 0 Å². The van der Waals surface area contributed by atoms with E-state index in [2.05, 4.69) is 0 Å². The number of hydrogen-bond donors (Lipinski definition) is 1. The molecule has 0 radical (unpaired) electrons. The van der Waals surface area contributed by atoms with E-state index in [1.54, 1.807) is 0 Å². The van der Waals surface area contributed by atoms with Crippen LogP contribution < -0.4 is 0 Å². The smallest absolute Gasteiger partial charge is 0.313 e. The molecule has 1 N–H and O–H groups in total. The van der Waals surface area contributed by atoms with Gasteiger partial charge in [0, 0.05) is 5.92 Å². The molecule has 3 nitrogen and oxygen atoms in total. The number of benzene rings is 1. The molecule has 3 heteroatoms. The molecule has 0 amide bonds. The normalized spacial score (nSPS) is 25.4. The zero-order valence-corrected chi connectivity index (χ0v) is 10.7. The second kappa shape index (κ2) is 6.01. The lowest BCUT2D eigenvalue weighted by molar-refractivity contribution is -0.145. The van der Waals surface area contributed by atoms with E-state index >= 15 is 0 Å². The highest BCUT2D eigenvalue weighted by atomic mass is 16.5. The van der Waals surface area contributed by atoms with E-state index in [4.69, 9.17) is 4.74 Å². The third-order valence-electron chi connectivity index (χ3n) is 3.82. The highest BCUT2D eigenvalue weighted by Crippen LogP contribution is 2.37. The van der Waals surface area contributed by atoms with Crippen LogP contribution in [-0.4, -0.2) is 24.3 Å². The highest BCUT2D eigenvalue weighted by molar-refractivity contribution is 5.78. The third kappa shape index (κ3) is 2.72. The van der Waals surface area contributed by atoms with E-state index in [0.29, 0.717) is 0 Å². The van der Waals surface area contributed by atoms with Crippen LogP contribution in [-0.2, 0) is 9.53 Å². The molecule has 1 fully saturated rings. The van der Waals surface area contributed by atoms with Gasteiger partial charge >= 0.3 is 5.97 Å². The number of carbonyl (C=O) groups is 1. The Morgan fingerprint density at radius 1 is 1.28 bits per heavy atom. The van der Waals surface area contributed by atoms with Crippen LogP contribution in [0.1, 0.15) is 37.2 Å². The van der Waals surface area contributed by atoms with Gasteiger partial charge in [0.2, 0.25) is 0 Å². The molecule has 0 aliphatic heterocycles. The minimum absolute atomic E-state index is 0.0198. The van der Waals surface area contributed by atoms with Gasteiger partial charge in [-0.15, -0.1) is 0 Å². The van der Waals surface area contributed by atoms with Crippen molar-refractivity contribution in [1.82, 2.24) is 0 Å². The van der Waals surface area contributed by atoms with Crippen LogP contribution in [0.4, 0.5) is 0 Å². The van der Waals surface area contributed by atoms with Gasteiger partial charge in [-0.2, -0.15) is 0 Å². The summed E-state index contributed by atoms with van der Waals surface area (Å²) in [5, 5.41) is 10.1. The van der Waals surface area contributed by atoms with Crippen LogP contribution in [0.3, 0.4) is 0 Å². The first-order chi connectivity index (χ1) is 8.74. The molecule has 18 heavy (non-hydrogen) atoms. The van der Waals surface area contributed by atoms with E-state index in [9.17, 15) is 9.90 Å². The molecule has 1 aromatic rings. The van der Waals surface area contributed by atoms with Crippen LogP contribution in [0.5, 0.6) is 0 Å². The summed E-state index contributed by atoms with van der Waals surface area (Å²) in [6, 6.07) is 9.63. The molecule has 0 aromatic heterocycles. The van der Waals surface area contributed by atoms with Crippen molar-refractivity contribution in [2.45, 2.75) is 37.7 Å². The maximum Gasteiger partial charge on any atom is 0.313 e. The maximum absolute atomic E-state index is 12.0. The molecule has 0 unspecified atom stereocenters.